The highest BCUT2D eigenvalue weighted by Crippen LogP contribution is 2.40. The number of ether oxygens (including phenoxy) is 1. The number of hydrogen-bond donors (Lipinski definition) is 0. The third kappa shape index (κ3) is 3.16. The number of hydrogen-bond acceptors (Lipinski definition) is 5. The summed E-state index contributed by atoms with van der Waals surface area (Å²) in [4.78, 5) is 28.3. The summed E-state index contributed by atoms with van der Waals surface area (Å²) in [7, 11) is 0. The normalized spacial score (nSPS) is 18.8. The van der Waals surface area contributed by atoms with Crippen molar-refractivity contribution in [1.29, 1.82) is 0 Å². The average molecular weight is 377 g/mol. The second-order valence-corrected chi connectivity index (χ2v) is 7.85. The standard InChI is InChI=1S/C21H23N5O2/c27-20(25-8-4-21(14-25)5-9-28-10-6-21)16-11-18-19(23-12-16)26(15-24-18)13-17-3-1-2-7-22-17/h1-3,7,11-12,15H,4-6,8-10,13-14H2. The van der Waals surface area contributed by atoms with Gasteiger partial charge in [-0.3, -0.25) is 9.78 Å². The predicted molar refractivity (Wildman–Crippen MR) is 104 cm³/mol. The van der Waals surface area contributed by atoms with Gasteiger partial charge in [-0.2, -0.15) is 0 Å². The van der Waals surface area contributed by atoms with Gasteiger partial charge in [-0.25, -0.2) is 9.97 Å². The summed E-state index contributed by atoms with van der Waals surface area (Å²) in [6.45, 7) is 3.85. The summed E-state index contributed by atoms with van der Waals surface area (Å²) < 4.78 is 7.46. The molecular formula is C21H23N5O2. The highest BCUT2D eigenvalue weighted by Gasteiger charge is 2.41. The van der Waals surface area contributed by atoms with Crippen molar-refractivity contribution in [2.24, 2.45) is 5.41 Å². The van der Waals surface area contributed by atoms with Crippen LogP contribution >= 0.6 is 0 Å². The minimum Gasteiger partial charge on any atom is -0.381 e. The number of amides is 1. The number of aromatic nitrogens is 4. The van der Waals surface area contributed by atoms with E-state index >= 15 is 0 Å². The van der Waals surface area contributed by atoms with E-state index in [-0.39, 0.29) is 11.3 Å². The molecule has 7 heteroatoms. The fraction of sp³-hybridized carbons (Fsp3) is 0.429. The SMILES string of the molecule is O=C(c1cnc2c(c1)ncn2Cc1ccccn1)N1CCC2(CCOCC2)C1. The summed E-state index contributed by atoms with van der Waals surface area (Å²) >= 11 is 0. The van der Waals surface area contributed by atoms with Crippen molar-refractivity contribution >= 4 is 17.1 Å². The van der Waals surface area contributed by atoms with Gasteiger partial charge in [0.25, 0.3) is 5.91 Å². The zero-order valence-corrected chi connectivity index (χ0v) is 15.8. The summed E-state index contributed by atoms with van der Waals surface area (Å²) in [6, 6.07) is 7.69. The lowest BCUT2D eigenvalue weighted by Gasteiger charge is -2.33. The molecule has 5 heterocycles. The van der Waals surface area contributed by atoms with Gasteiger partial charge in [0.15, 0.2) is 5.65 Å². The smallest absolute Gasteiger partial charge is 0.255 e. The Morgan fingerprint density at radius 2 is 2.04 bits per heavy atom. The number of fused-ring (bicyclic) bond motifs is 1. The third-order valence-electron chi connectivity index (χ3n) is 6.04. The van der Waals surface area contributed by atoms with Crippen LogP contribution in [0.5, 0.6) is 0 Å². The zero-order valence-electron chi connectivity index (χ0n) is 15.8. The van der Waals surface area contributed by atoms with Crippen LogP contribution in [0.25, 0.3) is 11.2 Å². The number of likely N-dealkylation sites (tertiary alicyclic amines) is 1. The van der Waals surface area contributed by atoms with Crippen LogP contribution in [0, 0.1) is 5.41 Å². The molecule has 1 amide bonds. The van der Waals surface area contributed by atoms with E-state index in [1.165, 1.54) is 0 Å². The van der Waals surface area contributed by atoms with Crippen molar-refractivity contribution in [3.8, 4) is 0 Å². The molecule has 0 unspecified atom stereocenters. The molecule has 28 heavy (non-hydrogen) atoms. The average Bonchev–Trinajstić information content (AvgIpc) is 3.33. The van der Waals surface area contributed by atoms with Crippen LogP contribution in [0.4, 0.5) is 0 Å². The molecule has 2 aliphatic rings. The maximum Gasteiger partial charge on any atom is 0.255 e. The molecule has 0 N–H and O–H groups in total. The Kier molecular flexibility index (Phi) is 4.31. The lowest BCUT2D eigenvalue weighted by atomic mass is 9.80. The molecule has 0 atom stereocenters. The highest BCUT2D eigenvalue weighted by molar-refractivity contribution is 5.96. The zero-order chi connectivity index (χ0) is 19.0. The number of carbonyl (C=O) groups is 1. The molecule has 5 rings (SSSR count). The number of rotatable bonds is 3. The Bertz CT molecular complexity index is 994. The number of imidazole rings is 1. The molecule has 0 saturated carbocycles. The molecule has 144 valence electrons. The first-order valence-electron chi connectivity index (χ1n) is 9.80. The minimum atomic E-state index is 0.0528. The first-order chi connectivity index (χ1) is 13.7. The van der Waals surface area contributed by atoms with Gasteiger partial charge in [0.05, 0.1) is 24.1 Å². The summed E-state index contributed by atoms with van der Waals surface area (Å²) in [5.74, 6) is 0.0528. The Balaban J connectivity index is 1.35. The molecule has 0 aromatic carbocycles. The molecule has 0 radical (unpaired) electrons. The predicted octanol–water partition coefficient (Wildman–Crippen LogP) is 2.52. The van der Waals surface area contributed by atoms with Crippen molar-refractivity contribution in [3.05, 3.63) is 54.2 Å². The molecule has 0 aliphatic carbocycles. The molecule has 7 nitrogen and oxygen atoms in total. The Morgan fingerprint density at radius 1 is 1.14 bits per heavy atom. The van der Waals surface area contributed by atoms with Crippen LogP contribution in [-0.2, 0) is 11.3 Å². The van der Waals surface area contributed by atoms with Gasteiger partial charge in [-0.05, 0) is 42.9 Å². The van der Waals surface area contributed by atoms with Crippen molar-refractivity contribution in [3.63, 3.8) is 0 Å². The van der Waals surface area contributed by atoms with Gasteiger partial charge < -0.3 is 14.2 Å². The Labute approximate surface area is 163 Å². The lowest BCUT2D eigenvalue weighted by molar-refractivity contribution is 0.0191. The topological polar surface area (TPSA) is 73.1 Å². The Hall–Kier alpha value is -2.80. The third-order valence-corrected chi connectivity index (χ3v) is 6.04. The van der Waals surface area contributed by atoms with Crippen molar-refractivity contribution in [2.75, 3.05) is 26.3 Å². The maximum absolute atomic E-state index is 13.0. The summed E-state index contributed by atoms with van der Waals surface area (Å²) in [5.41, 5.74) is 3.31. The highest BCUT2D eigenvalue weighted by atomic mass is 16.5. The second kappa shape index (κ2) is 6.98. The van der Waals surface area contributed by atoms with Crippen LogP contribution in [0.1, 0.15) is 35.3 Å². The molecule has 3 aromatic rings. The van der Waals surface area contributed by atoms with E-state index in [2.05, 4.69) is 15.0 Å². The van der Waals surface area contributed by atoms with Crippen LogP contribution in [0.3, 0.4) is 0 Å². The molecule has 2 aliphatic heterocycles. The van der Waals surface area contributed by atoms with E-state index in [1.54, 1.807) is 18.7 Å². The fourth-order valence-electron chi connectivity index (χ4n) is 4.35. The van der Waals surface area contributed by atoms with Crippen LogP contribution < -0.4 is 0 Å². The van der Waals surface area contributed by atoms with E-state index < -0.39 is 0 Å². The quantitative estimate of drug-likeness (QED) is 0.701. The first kappa shape index (κ1) is 17.3. The molecule has 3 aromatic heterocycles. The van der Waals surface area contributed by atoms with Gasteiger partial charge in [0, 0.05) is 38.7 Å². The van der Waals surface area contributed by atoms with E-state index in [1.807, 2.05) is 33.7 Å². The molecule has 0 bridgehead atoms. The molecular weight excluding hydrogens is 354 g/mol. The van der Waals surface area contributed by atoms with Gasteiger partial charge in [-0.1, -0.05) is 6.07 Å². The summed E-state index contributed by atoms with van der Waals surface area (Å²) in [6.07, 6.45) is 8.37. The van der Waals surface area contributed by atoms with Gasteiger partial charge in [-0.15, -0.1) is 0 Å². The minimum absolute atomic E-state index is 0.0528. The number of nitrogens with zero attached hydrogens (tertiary/aromatic N) is 5. The van der Waals surface area contributed by atoms with Gasteiger partial charge >= 0.3 is 0 Å². The molecule has 2 saturated heterocycles. The van der Waals surface area contributed by atoms with E-state index in [4.69, 9.17) is 4.74 Å². The van der Waals surface area contributed by atoms with Crippen molar-refractivity contribution in [2.45, 2.75) is 25.8 Å². The maximum atomic E-state index is 13.0. The lowest BCUT2D eigenvalue weighted by Crippen LogP contribution is -2.35. The molecule has 1 spiro atoms. The van der Waals surface area contributed by atoms with Crippen LogP contribution in [0.2, 0.25) is 0 Å². The van der Waals surface area contributed by atoms with E-state index in [0.29, 0.717) is 12.1 Å². The number of carbonyl (C=O) groups excluding carboxylic acids is 1. The first-order valence-corrected chi connectivity index (χ1v) is 9.80. The van der Waals surface area contributed by atoms with Crippen molar-refractivity contribution < 1.29 is 9.53 Å². The van der Waals surface area contributed by atoms with Crippen LogP contribution in [-0.4, -0.2) is 56.6 Å². The summed E-state index contributed by atoms with van der Waals surface area (Å²) in [5, 5.41) is 0. The van der Waals surface area contributed by atoms with E-state index in [0.717, 1.165) is 62.4 Å². The van der Waals surface area contributed by atoms with Gasteiger partial charge in [0.2, 0.25) is 0 Å². The van der Waals surface area contributed by atoms with Crippen LogP contribution in [0.15, 0.2) is 43.0 Å². The molecule has 2 fully saturated rings. The fourth-order valence-corrected chi connectivity index (χ4v) is 4.35. The monoisotopic (exact) mass is 377 g/mol. The second-order valence-electron chi connectivity index (χ2n) is 7.85. The van der Waals surface area contributed by atoms with Crippen molar-refractivity contribution in [1.82, 2.24) is 24.4 Å². The Morgan fingerprint density at radius 3 is 2.86 bits per heavy atom. The largest absolute Gasteiger partial charge is 0.381 e. The number of pyridine rings is 2. The van der Waals surface area contributed by atoms with Gasteiger partial charge in [0.1, 0.15) is 5.52 Å². The van der Waals surface area contributed by atoms with E-state index in [9.17, 15) is 4.79 Å².